The van der Waals surface area contributed by atoms with E-state index >= 15 is 0 Å². The van der Waals surface area contributed by atoms with Gasteiger partial charge in [-0.3, -0.25) is 4.72 Å². The predicted molar refractivity (Wildman–Crippen MR) is 130 cm³/mol. The molecule has 4 rings (SSSR count). The summed E-state index contributed by atoms with van der Waals surface area (Å²) in [5.74, 6) is 0.748. The van der Waals surface area contributed by atoms with E-state index in [1.807, 2.05) is 32.0 Å². The highest BCUT2D eigenvalue weighted by atomic mass is 35.5. The zero-order valence-electron chi connectivity index (χ0n) is 18.0. The van der Waals surface area contributed by atoms with E-state index in [4.69, 9.17) is 16.3 Å². The quantitative estimate of drug-likeness (QED) is 0.573. The smallest absolute Gasteiger partial charge is 0.271 e. The van der Waals surface area contributed by atoms with Crippen LogP contribution in [0.25, 0.3) is 10.1 Å². The van der Waals surface area contributed by atoms with Crippen molar-refractivity contribution in [3.63, 3.8) is 0 Å². The van der Waals surface area contributed by atoms with Crippen molar-refractivity contribution in [3.8, 4) is 5.75 Å². The second-order valence-corrected chi connectivity index (χ2v) is 11.2. The summed E-state index contributed by atoms with van der Waals surface area (Å²) in [7, 11) is -0.0128. The molecule has 9 heteroatoms. The molecule has 1 fully saturated rings. The summed E-state index contributed by atoms with van der Waals surface area (Å²) in [6, 6.07) is 9.05. The first-order valence-corrected chi connectivity index (χ1v) is 12.7. The van der Waals surface area contributed by atoms with Gasteiger partial charge in [0.1, 0.15) is 9.96 Å². The second kappa shape index (κ2) is 8.50. The average Bonchev–Trinajstić information content (AvgIpc) is 3.07. The van der Waals surface area contributed by atoms with Gasteiger partial charge in [-0.15, -0.1) is 11.3 Å². The molecule has 31 heavy (non-hydrogen) atoms. The monoisotopic (exact) mass is 479 g/mol. The highest BCUT2D eigenvalue weighted by Crippen LogP contribution is 2.40. The molecule has 1 aliphatic rings. The largest absolute Gasteiger partial charge is 0.495 e. The van der Waals surface area contributed by atoms with Crippen LogP contribution in [-0.2, 0) is 10.0 Å². The Hall–Kier alpha value is -2.00. The fourth-order valence-corrected chi connectivity index (χ4v) is 7.03. The van der Waals surface area contributed by atoms with Gasteiger partial charge < -0.3 is 14.5 Å². The molecule has 6 nitrogen and oxygen atoms in total. The fourth-order valence-electron chi connectivity index (χ4n) is 3.99. The molecule has 1 N–H and O–H groups in total. The SMILES string of the molecule is COc1ccc(NS(=O)(=O)c2sc3ccc(Cl)cc3c2C)c(C)c1N1CCN(C)CC1. The van der Waals surface area contributed by atoms with Crippen LogP contribution >= 0.6 is 22.9 Å². The summed E-state index contributed by atoms with van der Waals surface area (Å²) in [5.41, 5.74) is 3.06. The van der Waals surface area contributed by atoms with Gasteiger partial charge in [0.15, 0.2) is 0 Å². The van der Waals surface area contributed by atoms with Crippen molar-refractivity contribution in [1.82, 2.24) is 4.90 Å². The van der Waals surface area contributed by atoms with E-state index in [2.05, 4.69) is 21.6 Å². The van der Waals surface area contributed by atoms with Crippen molar-refractivity contribution in [2.45, 2.75) is 18.1 Å². The predicted octanol–water partition coefficient (Wildman–Crippen LogP) is 4.73. The van der Waals surface area contributed by atoms with Gasteiger partial charge in [0.2, 0.25) is 0 Å². The van der Waals surface area contributed by atoms with E-state index in [0.29, 0.717) is 20.5 Å². The lowest BCUT2D eigenvalue weighted by Crippen LogP contribution is -2.44. The van der Waals surface area contributed by atoms with Crippen LogP contribution < -0.4 is 14.4 Å². The van der Waals surface area contributed by atoms with Gasteiger partial charge in [0.25, 0.3) is 10.0 Å². The van der Waals surface area contributed by atoms with Crippen LogP contribution in [0.3, 0.4) is 0 Å². The van der Waals surface area contributed by atoms with Gasteiger partial charge in [-0.2, -0.15) is 0 Å². The van der Waals surface area contributed by atoms with E-state index in [-0.39, 0.29) is 0 Å². The Balaban J connectivity index is 1.72. The summed E-state index contributed by atoms with van der Waals surface area (Å²) in [6.45, 7) is 7.37. The lowest BCUT2D eigenvalue weighted by molar-refractivity contribution is 0.311. The van der Waals surface area contributed by atoms with Gasteiger partial charge in [0, 0.05) is 41.5 Å². The molecule has 1 saturated heterocycles. The number of aryl methyl sites for hydroxylation is 1. The molecule has 0 unspecified atom stereocenters. The molecule has 0 amide bonds. The summed E-state index contributed by atoms with van der Waals surface area (Å²) in [5, 5.41) is 1.45. The number of halogens is 1. The van der Waals surface area contributed by atoms with Gasteiger partial charge in [0.05, 0.1) is 18.5 Å². The molecule has 0 aliphatic carbocycles. The highest BCUT2D eigenvalue weighted by molar-refractivity contribution is 7.94. The van der Waals surface area contributed by atoms with Crippen molar-refractivity contribution in [2.24, 2.45) is 0 Å². The number of thiophene rings is 1. The topological polar surface area (TPSA) is 61.9 Å². The summed E-state index contributed by atoms with van der Waals surface area (Å²) >= 11 is 7.37. The molecule has 1 aliphatic heterocycles. The minimum absolute atomic E-state index is 0.307. The number of benzene rings is 2. The molecule has 3 aromatic rings. The molecular weight excluding hydrogens is 454 g/mol. The summed E-state index contributed by atoms with van der Waals surface area (Å²) in [6.07, 6.45) is 0. The van der Waals surface area contributed by atoms with Crippen LogP contribution in [0, 0.1) is 13.8 Å². The van der Waals surface area contributed by atoms with Crippen molar-refractivity contribution >= 4 is 54.4 Å². The number of hydrogen-bond acceptors (Lipinski definition) is 6. The van der Waals surface area contributed by atoms with Crippen LogP contribution in [0.2, 0.25) is 5.02 Å². The molecule has 1 aromatic heterocycles. The summed E-state index contributed by atoms with van der Waals surface area (Å²) in [4.78, 5) is 4.54. The van der Waals surface area contributed by atoms with Crippen LogP contribution in [0.5, 0.6) is 5.75 Å². The maximum atomic E-state index is 13.3. The van der Waals surface area contributed by atoms with E-state index in [1.54, 1.807) is 19.2 Å². The lowest BCUT2D eigenvalue weighted by atomic mass is 10.1. The Morgan fingerprint density at radius 1 is 1.06 bits per heavy atom. The molecule has 0 radical (unpaired) electrons. The van der Waals surface area contributed by atoms with Crippen LogP contribution in [0.1, 0.15) is 11.1 Å². The lowest BCUT2D eigenvalue weighted by Gasteiger charge is -2.36. The highest BCUT2D eigenvalue weighted by Gasteiger charge is 2.26. The Bertz CT molecular complexity index is 1230. The number of hydrogen-bond donors (Lipinski definition) is 1. The van der Waals surface area contributed by atoms with Gasteiger partial charge in [-0.05, 0) is 62.2 Å². The molecule has 166 valence electrons. The maximum absolute atomic E-state index is 13.3. The molecule has 2 aromatic carbocycles. The maximum Gasteiger partial charge on any atom is 0.271 e. The van der Waals surface area contributed by atoms with Crippen molar-refractivity contribution in [2.75, 3.05) is 50.0 Å². The Morgan fingerprint density at radius 3 is 2.45 bits per heavy atom. The van der Waals surface area contributed by atoms with Crippen LogP contribution in [-0.4, -0.2) is 53.7 Å². The molecule has 0 saturated carbocycles. The standard InChI is InChI=1S/C22H26ClN3O3S2/c1-14-17-13-16(23)5-8-20(17)30-22(14)31(27,28)24-18-6-7-19(29-4)21(15(18)2)26-11-9-25(3)10-12-26/h5-8,13,24H,9-12H2,1-4H3. The zero-order valence-corrected chi connectivity index (χ0v) is 20.4. The number of piperazine rings is 1. The van der Waals surface area contributed by atoms with Crippen LogP contribution in [0.15, 0.2) is 34.5 Å². The minimum Gasteiger partial charge on any atom is -0.495 e. The molecule has 0 bridgehead atoms. The van der Waals surface area contributed by atoms with Gasteiger partial charge in [-0.1, -0.05) is 11.6 Å². The number of nitrogens with one attached hydrogen (secondary N) is 1. The third kappa shape index (κ3) is 4.22. The minimum atomic E-state index is -3.76. The molecular formula is C22H26ClN3O3S2. The molecule has 0 spiro atoms. The van der Waals surface area contributed by atoms with Gasteiger partial charge >= 0.3 is 0 Å². The van der Waals surface area contributed by atoms with E-state index in [0.717, 1.165) is 53.3 Å². The number of likely N-dealkylation sites (N-methyl/N-ethyl adjacent to an activating group) is 1. The third-order valence-corrected chi connectivity index (χ3v) is 9.27. The molecule has 0 atom stereocenters. The van der Waals surface area contributed by atoms with Crippen molar-refractivity contribution < 1.29 is 13.2 Å². The van der Waals surface area contributed by atoms with Gasteiger partial charge in [-0.25, -0.2) is 8.42 Å². The van der Waals surface area contributed by atoms with Crippen molar-refractivity contribution in [1.29, 1.82) is 0 Å². The van der Waals surface area contributed by atoms with E-state index in [1.165, 1.54) is 11.3 Å². The zero-order chi connectivity index (χ0) is 22.3. The number of ether oxygens (including phenoxy) is 1. The van der Waals surface area contributed by atoms with Crippen LogP contribution in [0.4, 0.5) is 11.4 Å². The average molecular weight is 480 g/mol. The number of rotatable bonds is 5. The van der Waals surface area contributed by atoms with E-state index in [9.17, 15) is 8.42 Å². The van der Waals surface area contributed by atoms with Crippen molar-refractivity contribution in [3.05, 3.63) is 46.5 Å². The second-order valence-electron chi connectivity index (χ2n) is 7.84. The normalized spacial score (nSPS) is 15.5. The number of sulfonamides is 1. The summed E-state index contributed by atoms with van der Waals surface area (Å²) < 4.78 is 36.3. The first-order valence-electron chi connectivity index (χ1n) is 10.0. The number of anilines is 2. The number of fused-ring (bicyclic) bond motifs is 1. The Labute approximate surface area is 192 Å². The van der Waals surface area contributed by atoms with E-state index < -0.39 is 10.0 Å². The fraction of sp³-hybridized carbons (Fsp3) is 0.364. The third-order valence-electron chi connectivity index (χ3n) is 5.78. The Kier molecular flexibility index (Phi) is 6.09. The molecule has 2 heterocycles. The Morgan fingerprint density at radius 2 is 1.77 bits per heavy atom. The number of nitrogens with zero attached hydrogens (tertiary/aromatic N) is 2. The number of methoxy groups -OCH3 is 1. The first-order chi connectivity index (χ1) is 14.7. The first kappa shape index (κ1) is 22.2.